The topological polar surface area (TPSA) is 46.3 Å². The number of para-hydroxylation sites is 1. The van der Waals surface area contributed by atoms with Crippen LogP contribution in [-0.2, 0) is 6.42 Å². The summed E-state index contributed by atoms with van der Waals surface area (Å²) < 4.78 is 0. The molecule has 2 N–H and O–H groups in total. The van der Waals surface area contributed by atoms with E-state index in [0.29, 0.717) is 0 Å². The Morgan fingerprint density at radius 3 is 2.25 bits per heavy atom. The molecule has 0 radical (unpaired) electrons. The lowest BCUT2D eigenvalue weighted by molar-refractivity contribution is 0.256. The Labute approximate surface area is 120 Å². The molecule has 0 bridgehead atoms. The molecule has 0 spiro atoms. The lowest BCUT2D eigenvalue weighted by Crippen LogP contribution is -2.32. The molecular weight excluding hydrogens is 248 g/mol. The highest BCUT2D eigenvalue weighted by molar-refractivity contribution is 5.99. The normalized spacial score (nSPS) is 10.3. The van der Waals surface area contributed by atoms with Crippen LogP contribution >= 0.6 is 0 Å². The van der Waals surface area contributed by atoms with E-state index >= 15 is 0 Å². The van der Waals surface area contributed by atoms with Crippen molar-refractivity contribution in [1.82, 2.24) is 0 Å². The van der Waals surface area contributed by atoms with E-state index in [1.165, 1.54) is 5.56 Å². The molecule has 3 nitrogen and oxygen atoms in total. The minimum absolute atomic E-state index is 0.466. The molecule has 0 aliphatic rings. The first kappa shape index (κ1) is 14.1. The fourth-order valence-corrected chi connectivity index (χ4v) is 2.37. The number of carbonyl (C=O) groups is 1. The predicted octanol–water partition coefficient (Wildman–Crippen LogP) is 4.08. The van der Waals surface area contributed by atoms with Gasteiger partial charge in [0.2, 0.25) is 0 Å². The largest absolute Gasteiger partial charge is 0.351 e. The van der Waals surface area contributed by atoms with Crippen LogP contribution in [0.4, 0.5) is 16.2 Å². The van der Waals surface area contributed by atoms with Crippen molar-refractivity contribution in [2.45, 2.75) is 27.2 Å². The Morgan fingerprint density at radius 2 is 1.70 bits per heavy atom. The van der Waals surface area contributed by atoms with Crippen molar-refractivity contribution in [2.24, 2.45) is 5.73 Å². The molecule has 2 rings (SSSR count). The van der Waals surface area contributed by atoms with Crippen molar-refractivity contribution in [1.29, 1.82) is 0 Å². The average molecular weight is 268 g/mol. The number of hydrogen-bond donors (Lipinski definition) is 1. The Kier molecular flexibility index (Phi) is 4.08. The molecule has 0 aliphatic carbocycles. The number of rotatable bonds is 3. The quantitative estimate of drug-likeness (QED) is 0.895. The van der Waals surface area contributed by atoms with Crippen LogP contribution in [0.1, 0.15) is 23.6 Å². The molecule has 0 aromatic heterocycles. The maximum Gasteiger partial charge on any atom is 0.323 e. The molecule has 0 fully saturated rings. The molecule has 0 atom stereocenters. The van der Waals surface area contributed by atoms with Gasteiger partial charge >= 0.3 is 6.03 Å². The van der Waals surface area contributed by atoms with Gasteiger partial charge in [0.15, 0.2) is 0 Å². The second kappa shape index (κ2) is 5.78. The zero-order valence-electron chi connectivity index (χ0n) is 12.2. The summed E-state index contributed by atoms with van der Waals surface area (Å²) in [5, 5.41) is 0. The van der Waals surface area contributed by atoms with Gasteiger partial charge in [-0.3, -0.25) is 4.90 Å². The van der Waals surface area contributed by atoms with Gasteiger partial charge in [-0.15, -0.1) is 0 Å². The number of carbonyl (C=O) groups excluding carboxylic acids is 1. The van der Waals surface area contributed by atoms with Gasteiger partial charge in [-0.1, -0.05) is 37.3 Å². The van der Waals surface area contributed by atoms with E-state index in [-0.39, 0.29) is 0 Å². The first-order valence-electron chi connectivity index (χ1n) is 6.79. The summed E-state index contributed by atoms with van der Waals surface area (Å²) >= 11 is 0. The van der Waals surface area contributed by atoms with Crippen LogP contribution in [0.5, 0.6) is 0 Å². The lowest BCUT2D eigenvalue weighted by atomic mass is 10.1. The summed E-state index contributed by atoms with van der Waals surface area (Å²) in [6.45, 7) is 6.09. The third-order valence-electron chi connectivity index (χ3n) is 3.49. The van der Waals surface area contributed by atoms with Crippen molar-refractivity contribution in [3.05, 3.63) is 59.2 Å². The SMILES string of the molecule is CCc1ccc(N(C(N)=O)c2ccccc2C)c(C)c1. The van der Waals surface area contributed by atoms with E-state index in [4.69, 9.17) is 5.73 Å². The number of nitrogens with two attached hydrogens (primary N) is 1. The summed E-state index contributed by atoms with van der Waals surface area (Å²) in [5.41, 5.74) is 10.6. The first-order chi connectivity index (χ1) is 9.54. The maximum atomic E-state index is 11.9. The molecular formula is C17H20N2O. The minimum Gasteiger partial charge on any atom is -0.351 e. The number of urea groups is 1. The Bertz CT molecular complexity index is 635. The van der Waals surface area contributed by atoms with Gasteiger partial charge in [-0.05, 0) is 49.1 Å². The first-order valence-corrected chi connectivity index (χ1v) is 6.79. The summed E-state index contributed by atoms with van der Waals surface area (Å²) in [4.78, 5) is 13.5. The second-order valence-corrected chi connectivity index (χ2v) is 4.93. The monoisotopic (exact) mass is 268 g/mol. The molecule has 2 aromatic rings. The second-order valence-electron chi connectivity index (χ2n) is 4.93. The van der Waals surface area contributed by atoms with Gasteiger partial charge in [0, 0.05) is 0 Å². The van der Waals surface area contributed by atoms with Crippen LogP contribution in [0.2, 0.25) is 0 Å². The highest BCUT2D eigenvalue weighted by Crippen LogP contribution is 2.31. The van der Waals surface area contributed by atoms with Crippen LogP contribution in [0, 0.1) is 13.8 Å². The van der Waals surface area contributed by atoms with Crippen LogP contribution in [-0.4, -0.2) is 6.03 Å². The van der Waals surface area contributed by atoms with Crippen LogP contribution in [0.25, 0.3) is 0 Å². The van der Waals surface area contributed by atoms with E-state index in [1.54, 1.807) is 4.90 Å². The fourth-order valence-electron chi connectivity index (χ4n) is 2.37. The van der Waals surface area contributed by atoms with Crippen molar-refractivity contribution in [2.75, 3.05) is 4.90 Å². The molecule has 0 unspecified atom stereocenters. The van der Waals surface area contributed by atoms with E-state index in [1.807, 2.05) is 50.2 Å². The zero-order chi connectivity index (χ0) is 14.7. The number of amides is 2. The van der Waals surface area contributed by atoms with Crippen LogP contribution in [0.3, 0.4) is 0 Å². The molecule has 2 amide bonds. The van der Waals surface area contributed by atoms with Crippen molar-refractivity contribution in [3.63, 3.8) is 0 Å². The molecule has 0 heterocycles. The number of aryl methyl sites for hydroxylation is 3. The van der Waals surface area contributed by atoms with Gasteiger partial charge in [-0.2, -0.15) is 0 Å². The van der Waals surface area contributed by atoms with Crippen molar-refractivity contribution < 1.29 is 4.79 Å². The Hall–Kier alpha value is -2.29. The zero-order valence-corrected chi connectivity index (χ0v) is 12.2. The highest BCUT2D eigenvalue weighted by atomic mass is 16.2. The third kappa shape index (κ3) is 2.67. The molecule has 2 aromatic carbocycles. The van der Waals surface area contributed by atoms with E-state index in [2.05, 4.69) is 13.0 Å². The Balaban J connectivity index is 2.55. The maximum absolute atomic E-state index is 11.9. The standard InChI is InChI=1S/C17H20N2O/c1-4-14-9-10-16(13(3)11-14)19(17(18)20)15-8-6-5-7-12(15)2/h5-11H,4H2,1-3H3,(H2,18,20). The summed E-state index contributed by atoms with van der Waals surface area (Å²) in [6, 6.07) is 13.4. The fraction of sp³-hybridized carbons (Fsp3) is 0.235. The molecule has 0 saturated carbocycles. The van der Waals surface area contributed by atoms with E-state index < -0.39 is 6.03 Å². The van der Waals surface area contributed by atoms with Gasteiger partial charge in [-0.25, -0.2) is 4.79 Å². The molecule has 20 heavy (non-hydrogen) atoms. The summed E-state index contributed by atoms with van der Waals surface area (Å²) in [7, 11) is 0. The van der Waals surface area contributed by atoms with Crippen LogP contribution < -0.4 is 10.6 Å². The number of hydrogen-bond acceptors (Lipinski definition) is 1. The summed E-state index contributed by atoms with van der Waals surface area (Å²) in [5.74, 6) is 0. The average Bonchev–Trinajstić information content (AvgIpc) is 2.42. The third-order valence-corrected chi connectivity index (χ3v) is 3.49. The number of nitrogens with zero attached hydrogens (tertiary/aromatic N) is 1. The van der Waals surface area contributed by atoms with Gasteiger partial charge in [0.1, 0.15) is 0 Å². The highest BCUT2D eigenvalue weighted by Gasteiger charge is 2.18. The van der Waals surface area contributed by atoms with Crippen molar-refractivity contribution >= 4 is 17.4 Å². The number of anilines is 2. The molecule has 0 aliphatic heterocycles. The van der Waals surface area contributed by atoms with Gasteiger partial charge < -0.3 is 5.73 Å². The smallest absolute Gasteiger partial charge is 0.323 e. The molecule has 104 valence electrons. The van der Waals surface area contributed by atoms with Crippen molar-refractivity contribution in [3.8, 4) is 0 Å². The number of benzene rings is 2. The lowest BCUT2D eigenvalue weighted by Gasteiger charge is -2.24. The number of primary amides is 1. The van der Waals surface area contributed by atoms with E-state index in [0.717, 1.165) is 28.9 Å². The molecule has 3 heteroatoms. The predicted molar refractivity (Wildman–Crippen MR) is 83.5 cm³/mol. The Morgan fingerprint density at radius 1 is 1.05 bits per heavy atom. The molecule has 0 saturated heterocycles. The van der Waals surface area contributed by atoms with Gasteiger partial charge in [0.25, 0.3) is 0 Å². The van der Waals surface area contributed by atoms with Gasteiger partial charge in [0.05, 0.1) is 11.4 Å². The van der Waals surface area contributed by atoms with E-state index in [9.17, 15) is 4.79 Å². The summed E-state index contributed by atoms with van der Waals surface area (Å²) in [6.07, 6.45) is 0.974. The minimum atomic E-state index is -0.466. The van der Waals surface area contributed by atoms with Crippen LogP contribution in [0.15, 0.2) is 42.5 Å².